The van der Waals surface area contributed by atoms with Crippen molar-refractivity contribution < 1.29 is 0 Å². The monoisotopic (exact) mass is 1750 g/mol. The van der Waals surface area contributed by atoms with E-state index in [4.69, 9.17) is 69.8 Å². The maximum absolute atomic E-state index is 4.99. The minimum absolute atomic E-state index is 0.526. The maximum atomic E-state index is 4.99. The molecule has 12 heterocycles. The molecule has 17 nitrogen and oxygen atoms in total. The lowest BCUT2D eigenvalue weighted by Gasteiger charge is -2.10. The van der Waals surface area contributed by atoms with Gasteiger partial charge < -0.3 is 0 Å². The molecule has 0 amide bonds. The second-order valence-electron chi connectivity index (χ2n) is 32.0. The maximum Gasteiger partial charge on any atom is 0.234 e. The average Bonchev–Trinajstić information content (AvgIpc) is 1.57. The number of aromatic nitrogens is 17. The highest BCUT2D eigenvalue weighted by molar-refractivity contribution is 7.27. The molecule has 0 radical (unpaired) electrons. The molecular weight excluding hydrogens is 1680 g/mol. The van der Waals surface area contributed by atoms with E-state index in [1.165, 1.54) is 92.8 Å². The summed E-state index contributed by atoms with van der Waals surface area (Å²) in [5, 5.41) is 15.0. The van der Waals surface area contributed by atoms with Gasteiger partial charge in [-0.15, -0.1) is 34.0 Å². The zero-order chi connectivity index (χ0) is 87.1. The minimum atomic E-state index is 0.526. The highest BCUT2D eigenvalue weighted by Gasteiger charge is 2.25. The van der Waals surface area contributed by atoms with Gasteiger partial charge in [-0.1, -0.05) is 303 Å². The van der Waals surface area contributed by atoms with E-state index >= 15 is 0 Å². The molecule has 618 valence electrons. The molecule has 0 atom stereocenters. The SMILES string of the molecule is c1ccc(-c2nc(-c3ccccc3)nc(-c3ccc(-n4c5ccccc5c5c6sc7ccccc7c6ccc54)nc3)n2)cc1.c1ccc(-c2nc(-c3ccccc3)nc(-c3cnc(-n4c5ccccc5c5c6sc7ccccc7c6ccc54)nc3)n2)cc1.c1ccc(-c2nc(-c3ccccc3)nc(-c3cnc(-n4c5ccccc5c5cc6c(cc54)sc4ccccc46)nc3)n2)cc1. The smallest absolute Gasteiger partial charge is 0.234 e. The van der Waals surface area contributed by atoms with E-state index in [0.29, 0.717) is 64.3 Å². The summed E-state index contributed by atoms with van der Waals surface area (Å²) in [6.07, 6.45) is 9.09. The standard InChI is InChI=1S/C38H23N5S.2C37H22N6S/c1-3-11-24(12-4-1)36-40-37(25-13-5-2-6-14-25)42-38(41-36)26-19-22-33(39-23-26)43-30-17-9-7-16-29(30)34-31(43)21-20-28-27-15-8-10-18-32(27)44-35(28)34;1-3-11-23(12-4-1)34-40-35(24-13-5-2-6-14-24)42-36(41-34)25-21-38-37(39-22-25)43-29-17-9-7-16-28(29)32-30(43)20-19-27-26-15-8-10-18-31(26)44-33(27)32;1-3-11-23(12-4-1)34-40-35(24-13-5-2-6-14-24)42-36(41-34)25-21-38-37(39-22-25)43-30-17-9-7-15-26(30)28-19-29-27-16-8-10-18-32(27)44-33(29)20-31(28)43/h1-23H;2*1-22H. The van der Waals surface area contributed by atoms with Crippen molar-refractivity contribution >= 4 is 160 Å². The number of para-hydroxylation sites is 3. The first-order valence-electron chi connectivity index (χ1n) is 43.2. The van der Waals surface area contributed by atoms with Crippen molar-refractivity contribution in [3.8, 4) is 120 Å². The summed E-state index contributed by atoms with van der Waals surface area (Å²) >= 11 is 5.51. The number of nitrogens with zero attached hydrogens (tertiary/aromatic N) is 17. The quantitative estimate of drug-likeness (QED) is 0.112. The molecule has 20 heteroatoms. The largest absolute Gasteiger partial charge is 0.294 e. The Labute approximate surface area is 765 Å². The molecule has 0 saturated heterocycles. The van der Waals surface area contributed by atoms with Gasteiger partial charge in [0.1, 0.15) is 5.82 Å². The summed E-state index contributed by atoms with van der Waals surface area (Å²) < 4.78 is 14.3. The Hall–Kier alpha value is -17.3. The van der Waals surface area contributed by atoms with Gasteiger partial charge in [0.2, 0.25) is 11.9 Å². The van der Waals surface area contributed by atoms with Crippen LogP contribution in [0.5, 0.6) is 0 Å². The van der Waals surface area contributed by atoms with Crippen LogP contribution >= 0.6 is 34.0 Å². The molecule has 0 aliphatic carbocycles. The van der Waals surface area contributed by atoms with Crippen molar-refractivity contribution in [3.63, 3.8) is 0 Å². The zero-order valence-electron chi connectivity index (χ0n) is 70.0. The van der Waals surface area contributed by atoms with Crippen LogP contribution < -0.4 is 0 Å². The van der Waals surface area contributed by atoms with Crippen LogP contribution in [0.1, 0.15) is 0 Å². The van der Waals surface area contributed by atoms with E-state index in [2.05, 4.69) is 208 Å². The Morgan fingerprint density at radius 3 is 0.848 bits per heavy atom. The lowest BCUT2D eigenvalue weighted by Crippen LogP contribution is -2.03. The summed E-state index contributed by atoms with van der Waals surface area (Å²) in [5.41, 5.74) is 14.4. The Morgan fingerprint density at radius 2 is 0.462 bits per heavy atom. The Balaban J connectivity index is 0.000000106. The van der Waals surface area contributed by atoms with E-state index in [0.717, 1.165) is 89.0 Å². The lowest BCUT2D eigenvalue weighted by molar-refractivity contribution is 0.982. The Morgan fingerprint density at radius 1 is 0.167 bits per heavy atom. The number of hydrogen-bond acceptors (Lipinski definition) is 17. The van der Waals surface area contributed by atoms with Crippen molar-refractivity contribution in [3.05, 3.63) is 407 Å². The fourth-order valence-corrected chi connectivity index (χ4v) is 21.5. The number of benzene rings is 15. The first kappa shape index (κ1) is 77.1. The van der Waals surface area contributed by atoms with Gasteiger partial charge in [-0.3, -0.25) is 13.7 Å². The lowest BCUT2D eigenvalue weighted by atomic mass is 10.1. The molecule has 0 N–H and O–H groups in total. The number of rotatable bonds is 12. The first-order chi connectivity index (χ1) is 65.4. The Bertz CT molecular complexity index is 8350. The normalized spacial score (nSPS) is 11.6. The summed E-state index contributed by atoms with van der Waals surface area (Å²) in [6.45, 7) is 0. The second kappa shape index (κ2) is 32.5. The molecule has 0 bridgehead atoms. The molecule has 27 rings (SSSR count). The molecule has 0 spiro atoms. The number of thiophene rings is 3. The van der Waals surface area contributed by atoms with Gasteiger partial charge in [-0.25, -0.2) is 69.8 Å². The third-order valence-electron chi connectivity index (χ3n) is 24.1. The van der Waals surface area contributed by atoms with Gasteiger partial charge in [0.05, 0.1) is 44.2 Å². The fourth-order valence-electron chi connectivity index (χ4n) is 17.9. The van der Waals surface area contributed by atoms with Gasteiger partial charge in [-0.2, -0.15) is 0 Å². The van der Waals surface area contributed by atoms with Gasteiger partial charge in [-0.05, 0) is 72.8 Å². The second-order valence-corrected chi connectivity index (χ2v) is 35.1. The van der Waals surface area contributed by atoms with Crippen LogP contribution in [0.25, 0.3) is 246 Å². The average molecular weight is 1750 g/mol. The van der Waals surface area contributed by atoms with Crippen molar-refractivity contribution in [2.45, 2.75) is 0 Å². The predicted molar refractivity (Wildman–Crippen MR) is 539 cm³/mol. The number of hydrogen-bond donors (Lipinski definition) is 0. The van der Waals surface area contributed by atoms with Gasteiger partial charge in [0.25, 0.3) is 0 Å². The molecule has 0 aliphatic rings. The highest BCUT2D eigenvalue weighted by atomic mass is 32.1. The van der Waals surface area contributed by atoms with Crippen LogP contribution in [0.15, 0.2) is 407 Å². The van der Waals surface area contributed by atoms with Crippen molar-refractivity contribution in [2.24, 2.45) is 0 Å². The summed E-state index contributed by atoms with van der Waals surface area (Å²) in [7, 11) is 0. The van der Waals surface area contributed by atoms with Gasteiger partial charge >= 0.3 is 0 Å². The summed E-state index contributed by atoms with van der Waals surface area (Å²) in [5.74, 6) is 7.37. The van der Waals surface area contributed by atoms with E-state index in [1.807, 2.05) is 222 Å². The third kappa shape index (κ3) is 13.7. The topological polar surface area (TPSA) is 195 Å². The van der Waals surface area contributed by atoms with E-state index < -0.39 is 0 Å². The molecule has 0 saturated carbocycles. The van der Waals surface area contributed by atoms with E-state index in [1.54, 1.807) is 24.8 Å². The fraction of sp³-hybridized carbons (Fsp3) is 0. The summed E-state index contributed by atoms with van der Waals surface area (Å²) in [6, 6.07) is 129. The van der Waals surface area contributed by atoms with Crippen LogP contribution in [-0.2, 0) is 0 Å². The van der Waals surface area contributed by atoms with E-state index in [9.17, 15) is 0 Å². The van der Waals surface area contributed by atoms with Crippen LogP contribution in [0, 0.1) is 0 Å². The van der Waals surface area contributed by atoms with E-state index in [-0.39, 0.29) is 0 Å². The molecular formula is C112H67N17S3. The minimum Gasteiger partial charge on any atom is -0.294 e. The summed E-state index contributed by atoms with van der Waals surface area (Å²) in [4.78, 5) is 68.0. The molecule has 132 heavy (non-hydrogen) atoms. The highest BCUT2D eigenvalue weighted by Crippen LogP contribution is 2.47. The van der Waals surface area contributed by atoms with Crippen LogP contribution in [0.4, 0.5) is 0 Å². The predicted octanol–water partition coefficient (Wildman–Crippen LogP) is 28.0. The molecule has 27 aromatic rings. The molecule has 0 fully saturated rings. The third-order valence-corrected chi connectivity index (χ3v) is 27.6. The Kier molecular flexibility index (Phi) is 19.0. The van der Waals surface area contributed by atoms with Crippen molar-refractivity contribution in [2.75, 3.05) is 0 Å². The number of pyridine rings is 1. The van der Waals surface area contributed by atoms with Crippen LogP contribution in [0.3, 0.4) is 0 Å². The first-order valence-corrected chi connectivity index (χ1v) is 45.6. The molecule has 12 aromatic heterocycles. The van der Waals surface area contributed by atoms with Gasteiger partial charge in [0.15, 0.2) is 52.4 Å². The van der Waals surface area contributed by atoms with Crippen molar-refractivity contribution in [1.29, 1.82) is 0 Å². The molecule has 0 aliphatic heterocycles. The van der Waals surface area contributed by atoms with Gasteiger partial charge in [0, 0.05) is 163 Å². The molecule has 15 aromatic carbocycles. The van der Waals surface area contributed by atoms with Crippen LogP contribution in [-0.4, -0.2) is 83.5 Å². The zero-order valence-corrected chi connectivity index (χ0v) is 72.5. The number of fused-ring (bicyclic) bond motifs is 20. The van der Waals surface area contributed by atoms with Crippen molar-refractivity contribution in [1.82, 2.24) is 83.5 Å². The van der Waals surface area contributed by atoms with Crippen LogP contribution in [0.2, 0.25) is 0 Å². The molecule has 0 unspecified atom stereocenters.